The summed E-state index contributed by atoms with van der Waals surface area (Å²) in [6, 6.07) is 0. The van der Waals surface area contributed by atoms with Crippen molar-refractivity contribution in [1.29, 1.82) is 0 Å². The molecule has 2 saturated heterocycles. The van der Waals surface area contributed by atoms with E-state index in [2.05, 4.69) is 0 Å². The molecule has 0 aromatic rings. The van der Waals surface area contributed by atoms with Crippen molar-refractivity contribution in [1.82, 2.24) is 4.90 Å². The molecular weight excluding hydrogens is 150 g/mol. The monoisotopic (exact) mass is 155 g/mol. The van der Waals surface area contributed by atoms with Crippen LogP contribution >= 0.6 is 11.8 Å². The molecule has 0 aromatic carbocycles. The molecule has 0 aliphatic carbocycles. The second-order valence-corrected chi connectivity index (χ2v) is 3.60. The molecule has 2 aliphatic rings. The van der Waals surface area contributed by atoms with E-state index in [9.17, 15) is 9.59 Å². The smallest absolute Gasteiger partial charge is 0.226 e. The molecule has 10 heavy (non-hydrogen) atoms. The van der Waals surface area contributed by atoms with Gasteiger partial charge in [0.25, 0.3) is 0 Å². The van der Waals surface area contributed by atoms with Crippen molar-refractivity contribution in [3.05, 3.63) is 4.91 Å². The number of carbonyl (C=O) groups is 1. The van der Waals surface area contributed by atoms with Gasteiger partial charge in [0.1, 0.15) is 5.94 Å². The minimum atomic E-state index is 0.155. The van der Waals surface area contributed by atoms with Crippen LogP contribution in [0.5, 0.6) is 0 Å². The first-order valence-corrected chi connectivity index (χ1v) is 3.89. The van der Waals surface area contributed by atoms with Crippen LogP contribution in [0.4, 0.5) is 0 Å². The predicted molar refractivity (Wildman–Crippen MR) is 36.9 cm³/mol. The van der Waals surface area contributed by atoms with Crippen molar-refractivity contribution in [3.8, 4) is 0 Å². The van der Waals surface area contributed by atoms with E-state index >= 15 is 0 Å². The summed E-state index contributed by atoms with van der Waals surface area (Å²) >= 11 is 1.46. The van der Waals surface area contributed by atoms with E-state index < -0.39 is 0 Å². The minimum Gasteiger partial charge on any atom is -0.324 e. The molecule has 0 aromatic heterocycles. The van der Waals surface area contributed by atoms with Crippen molar-refractivity contribution < 1.29 is 9.59 Å². The van der Waals surface area contributed by atoms with Crippen LogP contribution in [0.15, 0.2) is 4.91 Å². The van der Waals surface area contributed by atoms with E-state index in [0.29, 0.717) is 17.9 Å². The van der Waals surface area contributed by atoms with Crippen molar-refractivity contribution in [2.45, 2.75) is 11.8 Å². The number of fused-ring (bicyclic) bond motifs is 1. The number of carbonyl (C=O) groups excluding carboxylic acids is 2. The quantitative estimate of drug-likeness (QED) is 0.365. The Bertz CT molecular complexity index is 244. The normalized spacial score (nSPS) is 29.6. The van der Waals surface area contributed by atoms with Gasteiger partial charge in [-0.2, -0.15) is 0 Å². The number of rotatable bonds is 0. The summed E-state index contributed by atoms with van der Waals surface area (Å²) in [7, 11) is 0. The standard InChI is InChI=1S/C6H5NO2S/c8-3-4-2-7-5(9)1-6(7)10-4/h6H,1-2H2/t6-/m0/s1. The van der Waals surface area contributed by atoms with E-state index in [-0.39, 0.29) is 11.3 Å². The molecule has 2 aliphatic heterocycles. The largest absolute Gasteiger partial charge is 0.324 e. The van der Waals surface area contributed by atoms with E-state index in [1.165, 1.54) is 11.8 Å². The lowest BCUT2D eigenvalue weighted by Gasteiger charge is -2.32. The van der Waals surface area contributed by atoms with E-state index in [0.717, 1.165) is 0 Å². The highest BCUT2D eigenvalue weighted by Gasteiger charge is 2.42. The average Bonchev–Trinajstić information content (AvgIpc) is 2.26. The van der Waals surface area contributed by atoms with Crippen molar-refractivity contribution in [2.75, 3.05) is 6.54 Å². The Morgan fingerprint density at radius 3 is 3.00 bits per heavy atom. The fourth-order valence-electron chi connectivity index (χ4n) is 1.13. The average molecular weight is 155 g/mol. The Kier molecular flexibility index (Phi) is 1.13. The topological polar surface area (TPSA) is 37.4 Å². The molecule has 2 rings (SSSR count). The highest BCUT2D eigenvalue weighted by atomic mass is 32.2. The van der Waals surface area contributed by atoms with Gasteiger partial charge in [-0.25, -0.2) is 4.79 Å². The van der Waals surface area contributed by atoms with E-state index in [4.69, 9.17) is 0 Å². The molecule has 1 atom stereocenters. The summed E-state index contributed by atoms with van der Waals surface area (Å²) in [6.45, 7) is 0.498. The highest BCUT2D eigenvalue weighted by Crippen LogP contribution is 2.40. The Hall–Kier alpha value is -0.730. The maximum Gasteiger partial charge on any atom is 0.226 e. The van der Waals surface area contributed by atoms with Gasteiger partial charge in [0.15, 0.2) is 0 Å². The summed E-state index contributed by atoms with van der Waals surface area (Å²) in [6.07, 6.45) is 0.593. The van der Waals surface area contributed by atoms with Gasteiger partial charge in [0, 0.05) is 0 Å². The summed E-state index contributed by atoms with van der Waals surface area (Å²) in [5.41, 5.74) is 0. The second-order valence-electron chi connectivity index (χ2n) is 2.32. The van der Waals surface area contributed by atoms with Crippen LogP contribution in [-0.4, -0.2) is 28.7 Å². The number of hydrogen-bond donors (Lipinski definition) is 0. The summed E-state index contributed by atoms with van der Waals surface area (Å²) in [5, 5.41) is 0.254. The molecule has 4 heteroatoms. The maximum absolute atomic E-state index is 10.7. The lowest BCUT2D eigenvalue weighted by atomic mass is 10.2. The van der Waals surface area contributed by atoms with Crippen molar-refractivity contribution in [2.24, 2.45) is 0 Å². The number of amides is 1. The zero-order valence-electron chi connectivity index (χ0n) is 5.16. The lowest BCUT2D eigenvalue weighted by molar-refractivity contribution is -0.140. The molecule has 0 N–H and O–H groups in total. The Balaban J connectivity index is 2.19. The molecule has 0 saturated carbocycles. The fourth-order valence-corrected chi connectivity index (χ4v) is 2.27. The predicted octanol–water partition coefficient (Wildman–Crippen LogP) is 0.00710. The first-order valence-electron chi connectivity index (χ1n) is 3.01. The van der Waals surface area contributed by atoms with Gasteiger partial charge in [-0.1, -0.05) is 11.8 Å². The molecule has 0 spiro atoms. The van der Waals surface area contributed by atoms with Crippen LogP contribution in [0.25, 0.3) is 0 Å². The van der Waals surface area contributed by atoms with E-state index in [1.807, 2.05) is 5.94 Å². The van der Waals surface area contributed by atoms with Crippen LogP contribution in [0.1, 0.15) is 6.42 Å². The fraction of sp³-hybridized carbons (Fsp3) is 0.500. The van der Waals surface area contributed by atoms with Crippen molar-refractivity contribution >= 4 is 23.6 Å². The van der Waals surface area contributed by atoms with Crippen LogP contribution < -0.4 is 0 Å². The van der Waals surface area contributed by atoms with Crippen LogP contribution in [0.2, 0.25) is 0 Å². The summed E-state index contributed by atoms with van der Waals surface area (Å²) < 4.78 is 0. The number of hydrogen-bond acceptors (Lipinski definition) is 3. The molecule has 1 amide bonds. The van der Waals surface area contributed by atoms with Crippen molar-refractivity contribution in [3.63, 3.8) is 0 Å². The van der Waals surface area contributed by atoms with Gasteiger partial charge < -0.3 is 4.90 Å². The molecule has 2 fully saturated rings. The first kappa shape index (κ1) is 6.01. The molecule has 3 nitrogen and oxygen atoms in total. The Labute approximate surface area is 62.1 Å². The van der Waals surface area contributed by atoms with Crippen LogP contribution in [0.3, 0.4) is 0 Å². The summed E-state index contributed by atoms with van der Waals surface area (Å²) in [5.74, 6) is 1.98. The number of nitrogens with zero attached hydrogens (tertiary/aromatic N) is 1. The Morgan fingerprint density at radius 2 is 2.50 bits per heavy atom. The zero-order valence-corrected chi connectivity index (χ0v) is 5.98. The lowest BCUT2D eigenvalue weighted by Crippen LogP contribution is -2.46. The summed E-state index contributed by atoms with van der Waals surface area (Å²) in [4.78, 5) is 23.2. The number of β-lactam (4-membered cyclic amide) rings is 1. The highest BCUT2D eigenvalue weighted by molar-refractivity contribution is 8.04. The molecular formula is C6H5NO2S. The van der Waals surface area contributed by atoms with Gasteiger partial charge in [-0.3, -0.25) is 4.79 Å². The third kappa shape index (κ3) is 0.632. The van der Waals surface area contributed by atoms with Gasteiger partial charge in [0.2, 0.25) is 5.91 Å². The van der Waals surface area contributed by atoms with Gasteiger partial charge in [-0.05, 0) is 0 Å². The van der Waals surface area contributed by atoms with Crippen LogP contribution in [-0.2, 0) is 9.59 Å². The molecule has 0 unspecified atom stereocenters. The molecule has 2 heterocycles. The molecule has 0 radical (unpaired) electrons. The van der Waals surface area contributed by atoms with E-state index in [1.54, 1.807) is 4.90 Å². The maximum atomic E-state index is 10.7. The Morgan fingerprint density at radius 1 is 1.70 bits per heavy atom. The molecule has 52 valence electrons. The zero-order chi connectivity index (χ0) is 7.14. The third-order valence-electron chi connectivity index (χ3n) is 1.72. The molecule has 0 bridgehead atoms. The minimum absolute atomic E-state index is 0.155. The van der Waals surface area contributed by atoms with Crippen LogP contribution in [0, 0.1) is 0 Å². The van der Waals surface area contributed by atoms with Gasteiger partial charge >= 0.3 is 0 Å². The SMILES string of the molecule is O=C=C1CN2C(=O)C[C@@H]2S1. The second kappa shape index (κ2) is 1.87. The van der Waals surface area contributed by atoms with Gasteiger partial charge in [0.05, 0.1) is 23.2 Å². The first-order chi connectivity index (χ1) is 4.81. The third-order valence-corrected chi connectivity index (χ3v) is 2.91. The number of thioether (sulfide) groups is 1. The van der Waals surface area contributed by atoms with Gasteiger partial charge in [-0.15, -0.1) is 0 Å².